The van der Waals surface area contributed by atoms with E-state index < -0.39 is 17.8 Å². The Labute approximate surface area is 95.7 Å². The van der Waals surface area contributed by atoms with E-state index in [1.165, 1.54) is 0 Å². The molecule has 5 heteroatoms. The van der Waals surface area contributed by atoms with Crippen molar-refractivity contribution in [2.24, 2.45) is 0 Å². The van der Waals surface area contributed by atoms with Crippen molar-refractivity contribution < 1.29 is 19.7 Å². The summed E-state index contributed by atoms with van der Waals surface area (Å²) in [5.41, 5.74) is -0.853. The highest BCUT2D eigenvalue weighted by atomic mass is 16.7. The fourth-order valence-electron chi connectivity index (χ4n) is 2.12. The summed E-state index contributed by atoms with van der Waals surface area (Å²) in [5, 5.41) is 23.0. The summed E-state index contributed by atoms with van der Waals surface area (Å²) in [6.45, 7) is 6.94. The number of aliphatic hydroxyl groups excluding tert-OH is 2. The van der Waals surface area contributed by atoms with Crippen LogP contribution in [0.1, 0.15) is 27.2 Å². The second kappa shape index (κ2) is 3.92. The molecule has 2 fully saturated rings. The van der Waals surface area contributed by atoms with E-state index >= 15 is 0 Å². The van der Waals surface area contributed by atoms with Gasteiger partial charge >= 0.3 is 0 Å². The maximum Gasteiger partial charge on any atom is 0.161 e. The van der Waals surface area contributed by atoms with Crippen LogP contribution in [0.3, 0.4) is 0 Å². The standard InChI is InChI=1S/C11H21NO4/c1-10(2,3)12-5-11-6-15-8(16-11)4-7(13)9(11)14/h7-9,12-14H,4-6H2,1-3H3/t7?,8?,9?,11-/m0/s1. The van der Waals surface area contributed by atoms with Crippen molar-refractivity contribution in [2.75, 3.05) is 13.2 Å². The molecule has 2 rings (SSSR count). The summed E-state index contributed by atoms with van der Waals surface area (Å²) in [4.78, 5) is 0. The van der Waals surface area contributed by atoms with Gasteiger partial charge in [-0.25, -0.2) is 0 Å². The van der Waals surface area contributed by atoms with Gasteiger partial charge in [0.25, 0.3) is 0 Å². The van der Waals surface area contributed by atoms with E-state index in [-0.39, 0.29) is 11.8 Å². The molecule has 3 unspecified atom stereocenters. The van der Waals surface area contributed by atoms with Gasteiger partial charge in [0, 0.05) is 18.5 Å². The van der Waals surface area contributed by atoms with Gasteiger partial charge in [-0.15, -0.1) is 0 Å². The van der Waals surface area contributed by atoms with Crippen LogP contribution in [-0.2, 0) is 9.47 Å². The molecule has 0 spiro atoms. The minimum atomic E-state index is -0.888. The Morgan fingerprint density at radius 3 is 2.69 bits per heavy atom. The summed E-state index contributed by atoms with van der Waals surface area (Å²) in [5.74, 6) is 0. The van der Waals surface area contributed by atoms with Crippen LogP contribution in [0.15, 0.2) is 0 Å². The lowest BCUT2D eigenvalue weighted by atomic mass is 9.89. The van der Waals surface area contributed by atoms with E-state index in [4.69, 9.17) is 9.47 Å². The average molecular weight is 231 g/mol. The van der Waals surface area contributed by atoms with Gasteiger partial charge in [0.15, 0.2) is 6.29 Å². The predicted octanol–water partition coefficient (Wildman–Crippen LogP) is -0.388. The van der Waals surface area contributed by atoms with E-state index in [1.54, 1.807) is 0 Å². The van der Waals surface area contributed by atoms with Crippen LogP contribution in [0.4, 0.5) is 0 Å². The maximum absolute atomic E-state index is 10.0. The van der Waals surface area contributed by atoms with Gasteiger partial charge < -0.3 is 25.0 Å². The number of fused-ring (bicyclic) bond motifs is 2. The van der Waals surface area contributed by atoms with Crippen LogP contribution < -0.4 is 5.32 Å². The zero-order chi connectivity index (χ0) is 12.0. The first-order valence-corrected chi connectivity index (χ1v) is 5.73. The Balaban J connectivity index is 2.05. The van der Waals surface area contributed by atoms with Crippen molar-refractivity contribution in [1.82, 2.24) is 5.32 Å². The fourth-order valence-corrected chi connectivity index (χ4v) is 2.12. The van der Waals surface area contributed by atoms with Crippen LogP contribution in [0.25, 0.3) is 0 Å². The van der Waals surface area contributed by atoms with Crippen molar-refractivity contribution in [3.05, 3.63) is 0 Å². The molecule has 2 heterocycles. The second-order valence-corrected chi connectivity index (χ2v) is 5.77. The highest BCUT2D eigenvalue weighted by Gasteiger charge is 2.54. The molecule has 2 aliphatic heterocycles. The quantitative estimate of drug-likeness (QED) is 0.604. The van der Waals surface area contributed by atoms with Gasteiger partial charge in [-0.05, 0) is 20.8 Å². The molecule has 4 atom stereocenters. The zero-order valence-corrected chi connectivity index (χ0v) is 10.1. The van der Waals surface area contributed by atoms with Crippen LogP contribution in [-0.4, -0.2) is 53.0 Å². The molecule has 0 saturated carbocycles. The third kappa shape index (κ3) is 2.24. The molecule has 0 aromatic rings. The lowest BCUT2D eigenvalue weighted by Gasteiger charge is -2.40. The molecule has 0 amide bonds. The van der Waals surface area contributed by atoms with Gasteiger partial charge in [0.1, 0.15) is 11.7 Å². The Bertz CT molecular complexity index is 265. The van der Waals surface area contributed by atoms with Gasteiger partial charge in [0.2, 0.25) is 0 Å². The van der Waals surface area contributed by atoms with Crippen molar-refractivity contribution in [3.63, 3.8) is 0 Å². The summed E-state index contributed by atoms with van der Waals surface area (Å²) in [6, 6.07) is 0. The summed E-state index contributed by atoms with van der Waals surface area (Å²) >= 11 is 0. The third-order valence-electron chi connectivity index (χ3n) is 3.14. The van der Waals surface area contributed by atoms with E-state index in [9.17, 15) is 10.2 Å². The lowest BCUT2D eigenvalue weighted by molar-refractivity contribution is -0.208. The molecule has 94 valence electrons. The second-order valence-electron chi connectivity index (χ2n) is 5.77. The van der Waals surface area contributed by atoms with E-state index in [1.807, 2.05) is 20.8 Å². The Kier molecular flexibility index (Phi) is 3.01. The molecule has 2 aliphatic rings. The molecule has 0 aromatic heterocycles. The molecule has 0 radical (unpaired) electrons. The first kappa shape index (κ1) is 12.3. The number of aliphatic hydroxyl groups is 2. The molecule has 5 nitrogen and oxygen atoms in total. The zero-order valence-electron chi connectivity index (χ0n) is 10.1. The normalized spacial score (nSPS) is 43.7. The highest BCUT2D eigenvalue weighted by molar-refractivity contribution is 5.02. The summed E-state index contributed by atoms with van der Waals surface area (Å²) in [7, 11) is 0. The van der Waals surface area contributed by atoms with Gasteiger partial charge in [0.05, 0.1) is 12.7 Å². The van der Waals surface area contributed by atoms with E-state index in [0.29, 0.717) is 19.6 Å². The van der Waals surface area contributed by atoms with Gasteiger partial charge in [-0.3, -0.25) is 0 Å². The highest BCUT2D eigenvalue weighted by Crippen LogP contribution is 2.36. The Hall–Kier alpha value is -0.200. The van der Waals surface area contributed by atoms with Crippen LogP contribution >= 0.6 is 0 Å². The number of hydrogen-bond donors (Lipinski definition) is 3. The SMILES string of the molecule is CC(C)(C)NC[C@]12COC(CC(O)C1O)O2. The van der Waals surface area contributed by atoms with Crippen molar-refractivity contribution >= 4 is 0 Å². The molecular formula is C11H21NO4. The van der Waals surface area contributed by atoms with Crippen molar-refractivity contribution in [2.45, 2.75) is 56.8 Å². The monoisotopic (exact) mass is 231 g/mol. The number of hydrogen-bond acceptors (Lipinski definition) is 5. The number of rotatable bonds is 2. The van der Waals surface area contributed by atoms with Crippen LogP contribution in [0.5, 0.6) is 0 Å². The molecule has 2 saturated heterocycles. The van der Waals surface area contributed by atoms with Crippen molar-refractivity contribution in [3.8, 4) is 0 Å². The third-order valence-corrected chi connectivity index (χ3v) is 3.14. The molecule has 2 bridgehead atoms. The average Bonchev–Trinajstić information content (AvgIpc) is 2.53. The fraction of sp³-hybridized carbons (Fsp3) is 1.00. The summed E-state index contributed by atoms with van der Waals surface area (Å²) in [6.07, 6.45) is -1.68. The first-order valence-electron chi connectivity index (χ1n) is 5.73. The molecular weight excluding hydrogens is 210 g/mol. The van der Waals surface area contributed by atoms with Gasteiger partial charge in [-0.1, -0.05) is 0 Å². The predicted molar refractivity (Wildman–Crippen MR) is 57.9 cm³/mol. The number of nitrogens with one attached hydrogen (secondary N) is 1. The minimum Gasteiger partial charge on any atom is -0.390 e. The minimum absolute atomic E-state index is 0.0572. The Morgan fingerprint density at radius 2 is 2.06 bits per heavy atom. The van der Waals surface area contributed by atoms with E-state index in [0.717, 1.165) is 0 Å². The van der Waals surface area contributed by atoms with Crippen molar-refractivity contribution in [1.29, 1.82) is 0 Å². The maximum atomic E-state index is 10.0. The molecule has 3 N–H and O–H groups in total. The first-order chi connectivity index (χ1) is 7.32. The number of ether oxygens (including phenoxy) is 2. The van der Waals surface area contributed by atoms with Crippen LogP contribution in [0.2, 0.25) is 0 Å². The van der Waals surface area contributed by atoms with Gasteiger partial charge in [-0.2, -0.15) is 0 Å². The smallest absolute Gasteiger partial charge is 0.161 e. The molecule has 16 heavy (non-hydrogen) atoms. The molecule has 0 aliphatic carbocycles. The van der Waals surface area contributed by atoms with Crippen LogP contribution in [0, 0.1) is 0 Å². The lowest BCUT2D eigenvalue weighted by Crippen LogP contribution is -2.61. The largest absolute Gasteiger partial charge is 0.390 e. The Morgan fingerprint density at radius 1 is 1.38 bits per heavy atom. The summed E-state index contributed by atoms with van der Waals surface area (Å²) < 4.78 is 11.1. The molecule has 0 aromatic carbocycles. The topological polar surface area (TPSA) is 71.0 Å². The van der Waals surface area contributed by atoms with E-state index in [2.05, 4.69) is 5.32 Å².